The fourth-order valence-corrected chi connectivity index (χ4v) is 4.40. The third kappa shape index (κ3) is 4.68. The Morgan fingerprint density at radius 2 is 1.87 bits per heavy atom. The van der Waals surface area contributed by atoms with Gasteiger partial charge in [-0.15, -0.1) is 0 Å². The first-order valence-corrected chi connectivity index (χ1v) is 10.7. The molecule has 0 spiro atoms. The van der Waals surface area contributed by atoms with Crippen molar-refractivity contribution in [1.29, 1.82) is 0 Å². The van der Waals surface area contributed by atoms with Gasteiger partial charge in [0.1, 0.15) is 6.29 Å². The van der Waals surface area contributed by atoms with E-state index in [-0.39, 0.29) is 5.41 Å². The lowest BCUT2D eigenvalue weighted by molar-refractivity contribution is -0.114. The van der Waals surface area contributed by atoms with E-state index >= 15 is 0 Å². The summed E-state index contributed by atoms with van der Waals surface area (Å²) in [5, 5.41) is 0. The average Bonchev–Trinajstić information content (AvgIpc) is 2.99. The molecule has 1 fully saturated rings. The standard InChI is InChI=1S/C25H30N4O/c1-20(17-28-16-11-25(2,18-28)19-30)29-14-3-5-21(10-15-29)22-6-8-23(9-7-22)24-26-12-4-13-27-24/h4-9,12-13,19H,1,3,10-11,14-18H2,2H3. The zero-order valence-electron chi connectivity index (χ0n) is 17.8. The summed E-state index contributed by atoms with van der Waals surface area (Å²) >= 11 is 0. The van der Waals surface area contributed by atoms with E-state index in [0.29, 0.717) is 0 Å². The first-order chi connectivity index (χ1) is 14.6. The summed E-state index contributed by atoms with van der Waals surface area (Å²) in [6.07, 6.45) is 9.99. The molecule has 2 aromatic rings. The van der Waals surface area contributed by atoms with E-state index in [1.807, 2.05) is 6.07 Å². The predicted octanol–water partition coefficient (Wildman–Crippen LogP) is 4.05. The number of carbonyl (C=O) groups excluding carboxylic acids is 1. The van der Waals surface area contributed by atoms with Gasteiger partial charge in [0.05, 0.1) is 0 Å². The van der Waals surface area contributed by atoms with Crippen molar-refractivity contribution in [3.05, 3.63) is 66.6 Å². The van der Waals surface area contributed by atoms with Crippen LogP contribution < -0.4 is 0 Å². The lowest BCUT2D eigenvalue weighted by atomic mass is 9.92. The summed E-state index contributed by atoms with van der Waals surface area (Å²) in [5.41, 5.74) is 4.67. The molecule has 1 unspecified atom stereocenters. The Hall–Kier alpha value is -2.79. The quantitative estimate of drug-likeness (QED) is 0.683. The highest BCUT2D eigenvalue weighted by Crippen LogP contribution is 2.29. The van der Waals surface area contributed by atoms with Crippen LogP contribution in [0.5, 0.6) is 0 Å². The molecule has 0 aliphatic carbocycles. The monoisotopic (exact) mass is 402 g/mol. The zero-order chi connectivity index (χ0) is 21.0. The molecule has 1 aromatic carbocycles. The molecule has 1 aromatic heterocycles. The second kappa shape index (κ2) is 8.92. The van der Waals surface area contributed by atoms with Crippen molar-refractivity contribution in [1.82, 2.24) is 19.8 Å². The number of aldehydes is 1. The summed E-state index contributed by atoms with van der Waals surface area (Å²) in [6.45, 7) is 11.1. The van der Waals surface area contributed by atoms with Crippen molar-refractivity contribution < 1.29 is 4.79 Å². The molecule has 1 saturated heterocycles. The molecular weight excluding hydrogens is 372 g/mol. The van der Waals surface area contributed by atoms with Crippen molar-refractivity contribution in [3.8, 4) is 11.4 Å². The highest BCUT2D eigenvalue weighted by molar-refractivity contribution is 5.68. The maximum Gasteiger partial charge on any atom is 0.159 e. The minimum absolute atomic E-state index is 0.190. The van der Waals surface area contributed by atoms with Crippen LogP contribution in [-0.4, -0.2) is 58.8 Å². The molecule has 0 radical (unpaired) electrons. The van der Waals surface area contributed by atoms with Crippen LogP contribution in [0.1, 0.15) is 31.7 Å². The van der Waals surface area contributed by atoms with Crippen molar-refractivity contribution in [2.45, 2.75) is 26.2 Å². The molecule has 156 valence electrons. The van der Waals surface area contributed by atoms with Crippen LogP contribution >= 0.6 is 0 Å². The third-order valence-corrected chi connectivity index (χ3v) is 6.24. The van der Waals surface area contributed by atoms with Crippen molar-refractivity contribution in [3.63, 3.8) is 0 Å². The number of hydrogen-bond donors (Lipinski definition) is 0. The van der Waals surface area contributed by atoms with Gasteiger partial charge in [-0.25, -0.2) is 9.97 Å². The molecule has 5 nitrogen and oxygen atoms in total. The summed E-state index contributed by atoms with van der Waals surface area (Å²) in [5.74, 6) is 0.758. The van der Waals surface area contributed by atoms with Gasteiger partial charge < -0.3 is 9.69 Å². The van der Waals surface area contributed by atoms with Crippen LogP contribution in [0.2, 0.25) is 0 Å². The summed E-state index contributed by atoms with van der Waals surface area (Å²) in [7, 11) is 0. The van der Waals surface area contributed by atoms with Crippen LogP contribution in [0.15, 0.2) is 61.1 Å². The highest BCUT2D eigenvalue weighted by atomic mass is 16.1. The minimum Gasteiger partial charge on any atom is -0.374 e. The summed E-state index contributed by atoms with van der Waals surface area (Å²) in [4.78, 5) is 24.7. The van der Waals surface area contributed by atoms with Gasteiger partial charge in [0.2, 0.25) is 0 Å². The van der Waals surface area contributed by atoms with Gasteiger partial charge in [0, 0.05) is 55.2 Å². The maximum atomic E-state index is 11.3. The van der Waals surface area contributed by atoms with Crippen LogP contribution in [0, 0.1) is 5.41 Å². The van der Waals surface area contributed by atoms with Crippen molar-refractivity contribution in [2.75, 3.05) is 32.7 Å². The van der Waals surface area contributed by atoms with Crippen molar-refractivity contribution in [2.24, 2.45) is 5.41 Å². The Morgan fingerprint density at radius 1 is 1.13 bits per heavy atom. The fourth-order valence-electron chi connectivity index (χ4n) is 4.40. The third-order valence-electron chi connectivity index (χ3n) is 6.24. The Morgan fingerprint density at radius 3 is 2.57 bits per heavy atom. The predicted molar refractivity (Wildman–Crippen MR) is 121 cm³/mol. The number of carbonyl (C=O) groups is 1. The van der Waals surface area contributed by atoms with Gasteiger partial charge in [-0.05, 0) is 43.0 Å². The molecule has 0 amide bonds. The Balaban J connectivity index is 1.34. The number of nitrogens with zero attached hydrogens (tertiary/aromatic N) is 4. The van der Waals surface area contributed by atoms with Gasteiger partial charge in [0.25, 0.3) is 0 Å². The van der Waals surface area contributed by atoms with E-state index in [4.69, 9.17) is 0 Å². The molecule has 4 rings (SSSR count). The molecule has 1 atom stereocenters. The van der Waals surface area contributed by atoms with E-state index < -0.39 is 0 Å². The lowest BCUT2D eigenvalue weighted by Crippen LogP contribution is -2.33. The number of benzene rings is 1. The molecule has 2 aliphatic rings. The SMILES string of the molecule is C=C(CN1CCC(C)(C=O)C1)N1CCC=C(c2ccc(-c3ncccn3)cc2)CC1. The van der Waals surface area contributed by atoms with E-state index in [1.165, 1.54) is 11.1 Å². The molecule has 0 saturated carbocycles. The van der Waals surface area contributed by atoms with Gasteiger partial charge in [-0.2, -0.15) is 0 Å². The van der Waals surface area contributed by atoms with Crippen LogP contribution in [0.25, 0.3) is 17.0 Å². The van der Waals surface area contributed by atoms with E-state index in [1.54, 1.807) is 12.4 Å². The van der Waals surface area contributed by atoms with Crippen LogP contribution in [-0.2, 0) is 4.79 Å². The second-order valence-electron chi connectivity index (χ2n) is 8.70. The molecule has 0 N–H and O–H groups in total. The number of rotatable bonds is 6. The van der Waals surface area contributed by atoms with Gasteiger partial charge >= 0.3 is 0 Å². The summed E-state index contributed by atoms with van der Waals surface area (Å²) in [6, 6.07) is 10.4. The zero-order valence-corrected chi connectivity index (χ0v) is 17.8. The number of aromatic nitrogens is 2. The van der Waals surface area contributed by atoms with E-state index in [2.05, 4.69) is 63.6 Å². The van der Waals surface area contributed by atoms with Crippen LogP contribution in [0.3, 0.4) is 0 Å². The van der Waals surface area contributed by atoms with Gasteiger partial charge in [0.15, 0.2) is 5.82 Å². The maximum absolute atomic E-state index is 11.3. The first kappa shape index (κ1) is 20.5. The Labute approximate surface area is 179 Å². The number of likely N-dealkylation sites (tertiary alicyclic amines) is 1. The fraction of sp³-hybridized carbons (Fsp3) is 0.400. The van der Waals surface area contributed by atoms with E-state index in [9.17, 15) is 4.79 Å². The van der Waals surface area contributed by atoms with Gasteiger partial charge in [-0.1, -0.05) is 43.8 Å². The van der Waals surface area contributed by atoms with Gasteiger partial charge in [-0.3, -0.25) is 4.90 Å². The second-order valence-corrected chi connectivity index (χ2v) is 8.70. The molecule has 5 heteroatoms. The molecule has 0 bridgehead atoms. The largest absolute Gasteiger partial charge is 0.374 e. The molecular formula is C25H30N4O. The molecule has 30 heavy (non-hydrogen) atoms. The lowest BCUT2D eigenvalue weighted by Gasteiger charge is -2.29. The normalized spacial score (nSPS) is 22.4. The molecule has 3 heterocycles. The van der Waals surface area contributed by atoms with Crippen molar-refractivity contribution >= 4 is 11.9 Å². The topological polar surface area (TPSA) is 49.3 Å². The Kier molecular flexibility index (Phi) is 6.09. The number of hydrogen-bond acceptors (Lipinski definition) is 5. The first-order valence-electron chi connectivity index (χ1n) is 10.7. The summed E-state index contributed by atoms with van der Waals surface area (Å²) < 4.78 is 0. The highest BCUT2D eigenvalue weighted by Gasteiger charge is 2.33. The molecule has 2 aliphatic heterocycles. The Bertz CT molecular complexity index is 922. The van der Waals surface area contributed by atoms with Crippen LogP contribution in [0.4, 0.5) is 0 Å². The smallest absolute Gasteiger partial charge is 0.159 e. The van der Waals surface area contributed by atoms with E-state index in [0.717, 1.165) is 75.4 Å². The minimum atomic E-state index is -0.190. The average molecular weight is 403 g/mol.